The molecule has 4 heteroatoms. The summed E-state index contributed by atoms with van der Waals surface area (Å²) in [6.45, 7) is 4.32. The zero-order valence-corrected chi connectivity index (χ0v) is 27.4. The maximum absolute atomic E-state index is 6.89. The lowest BCUT2D eigenvalue weighted by atomic mass is 10.0. The van der Waals surface area contributed by atoms with Crippen molar-refractivity contribution in [3.05, 3.63) is 158 Å². The lowest BCUT2D eigenvalue weighted by Gasteiger charge is -2.28. The molecule has 222 valence electrons. The molecule has 0 N–H and O–H groups in total. The fourth-order valence-corrected chi connectivity index (χ4v) is 11.2. The van der Waals surface area contributed by atoms with E-state index in [1.807, 2.05) is 0 Å². The molecule has 1 aliphatic rings. The second-order valence-electron chi connectivity index (χ2n) is 11.4. The van der Waals surface area contributed by atoms with Crippen LogP contribution in [-0.2, 0) is 0 Å². The Morgan fingerprint density at radius 2 is 0.711 bits per heavy atom. The Labute approximate surface area is 269 Å². The lowest BCUT2D eigenvalue weighted by molar-refractivity contribution is 0.134. The molecule has 1 heterocycles. The van der Waals surface area contributed by atoms with E-state index in [9.17, 15) is 0 Å². The molecule has 0 fully saturated rings. The normalized spacial score (nSPS) is 16.0. The maximum atomic E-state index is 6.89. The van der Waals surface area contributed by atoms with E-state index in [2.05, 4.69) is 172 Å². The summed E-state index contributed by atoms with van der Waals surface area (Å²) in [5.74, 6) is 1.84. The largest absolute Gasteiger partial charge is 0.490 e. The van der Waals surface area contributed by atoms with Crippen LogP contribution < -0.4 is 41.3 Å². The Morgan fingerprint density at radius 3 is 1.02 bits per heavy atom. The highest BCUT2D eigenvalue weighted by molar-refractivity contribution is 7.80. The van der Waals surface area contributed by atoms with Crippen LogP contribution in [0.1, 0.15) is 20.3 Å². The molecule has 2 atom stereocenters. The van der Waals surface area contributed by atoms with Crippen LogP contribution >= 0.6 is 15.8 Å². The summed E-state index contributed by atoms with van der Waals surface area (Å²) in [7, 11) is -1.82. The summed E-state index contributed by atoms with van der Waals surface area (Å²) >= 11 is 0. The summed E-state index contributed by atoms with van der Waals surface area (Å²) in [6, 6.07) is 57.0. The fraction of sp³-hybridized carbons (Fsp3) is 0.122. The second kappa shape index (κ2) is 13.4. The summed E-state index contributed by atoms with van der Waals surface area (Å²) in [6.07, 6.45) is 0.790. The molecular formula is C41H36O2P2. The third-order valence-corrected chi connectivity index (χ3v) is 13.1. The fourth-order valence-electron chi connectivity index (χ4n) is 6.27. The topological polar surface area (TPSA) is 18.5 Å². The Bertz CT molecular complexity index is 1640. The average Bonchev–Trinajstić information content (AvgIpc) is 3.13. The van der Waals surface area contributed by atoms with E-state index in [0.717, 1.165) is 29.0 Å². The van der Waals surface area contributed by atoms with Gasteiger partial charge >= 0.3 is 0 Å². The predicted molar refractivity (Wildman–Crippen MR) is 194 cm³/mol. The first-order chi connectivity index (χ1) is 22.2. The monoisotopic (exact) mass is 622 g/mol. The Hall–Kier alpha value is -4.22. The number of hydrogen-bond acceptors (Lipinski definition) is 2. The molecule has 0 spiro atoms. The van der Waals surface area contributed by atoms with Gasteiger partial charge in [-0.3, -0.25) is 0 Å². The van der Waals surface area contributed by atoms with Crippen molar-refractivity contribution in [1.29, 1.82) is 0 Å². The van der Waals surface area contributed by atoms with Gasteiger partial charge in [-0.2, -0.15) is 0 Å². The van der Waals surface area contributed by atoms with Crippen molar-refractivity contribution in [3.63, 3.8) is 0 Å². The molecule has 7 rings (SSSR count). The zero-order chi connectivity index (χ0) is 30.6. The molecule has 0 amide bonds. The third-order valence-electron chi connectivity index (χ3n) is 8.12. The smallest absolute Gasteiger partial charge is 0.128 e. The van der Waals surface area contributed by atoms with Crippen molar-refractivity contribution in [2.45, 2.75) is 32.5 Å². The molecular weight excluding hydrogens is 586 g/mol. The summed E-state index contributed by atoms with van der Waals surface area (Å²) in [5, 5.41) is 7.77. The van der Waals surface area contributed by atoms with Crippen LogP contribution in [0.4, 0.5) is 0 Å². The molecule has 0 aliphatic carbocycles. The minimum atomic E-state index is -0.908. The number of rotatable bonds is 6. The molecule has 0 saturated carbocycles. The molecule has 0 aromatic heterocycles. The van der Waals surface area contributed by atoms with Crippen LogP contribution in [0.3, 0.4) is 0 Å². The van der Waals surface area contributed by atoms with E-state index in [-0.39, 0.29) is 12.2 Å². The highest BCUT2D eigenvalue weighted by Crippen LogP contribution is 2.48. The first-order valence-corrected chi connectivity index (χ1v) is 18.3. The van der Waals surface area contributed by atoms with Crippen LogP contribution in [0.2, 0.25) is 0 Å². The number of fused-ring (bicyclic) bond motifs is 3. The summed E-state index contributed by atoms with van der Waals surface area (Å²) in [4.78, 5) is 0. The van der Waals surface area contributed by atoms with Crippen LogP contribution in [-0.4, -0.2) is 12.2 Å². The zero-order valence-electron chi connectivity index (χ0n) is 25.6. The molecule has 6 aromatic rings. The van der Waals surface area contributed by atoms with Crippen molar-refractivity contribution in [2.75, 3.05) is 0 Å². The summed E-state index contributed by atoms with van der Waals surface area (Å²) in [5.41, 5.74) is 2.28. The van der Waals surface area contributed by atoms with Crippen molar-refractivity contribution in [2.24, 2.45) is 0 Å². The van der Waals surface area contributed by atoms with Gasteiger partial charge in [0.15, 0.2) is 0 Å². The molecule has 2 nitrogen and oxygen atoms in total. The van der Waals surface area contributed by atoms with Crippen molar-refractivity contribution in [3.8, 4) is 22.6 Å². The van der Waals surface area contributed by atoms with Gasteiger partial charge in [0.1, 0.15) is 11.5 Å². The molecule has 45 heavy (non-hydrogen) atoms. The first-order valence-electron chi connectivity index (χ1n) is 15.6. The van der Waals surface area contributed by atoms with E-state index in [1.165, 1.54) is 31.8 Å². The first kappa shape index (κ1) is 29.5. The van der Waals surface area contributed by atoms with Gasteiger partial charge in [0.05, 0.1) is 12.2 Å². The minimum Gasteiger partial charge on any atom is -0.490 e. The average molecular weight is 623 g/mol. The third kappa shape index (κ3) is 6.19. The van der Waals surface area contributed by atoms with Crippen molar-refractivity contribution in [1.82, 2.24) is 0 Å². The molecule has 0 saturated heterocycles. The van der Waals surface area contributed by atoms with E-state index in [1.54, 1.807) is 0 Å². The molecule has 6 aromatic carbocycles. The van der Waals surface area contributed by atoms with Gasteiger partial charge in [-0.15, -0.1) is 0 Å². The number of hydrogen-bond donors (Lipinski definition) is 0. The summed E-state index contributed by atoms with van der Waals surface area (Å²) < 4.78 is 13.8. The molecule has 0 unspecified atom stereocenters. The Balaban J connectivity index is 1.57. The number of ether oxygens (including phenoxy) is 2. The van der Waals surface area contributed by atoms with Crippen LogP contribution in [0, 0.1) is 0 Å². The maximum Gasteiger partial charge on any atom is 0.128 e. The second-order valence-corrected chi connectivity index (χ2v) is 15.8. The van der Waals surface area contributed by atoms with Gasteiger partial charge in [-0.25, -0.2) is 0 Å². The quantitative estimate of drug-likeness (QED) is 0.177. The van der Waals surface area contributed by atoms with Crippen molar-refractivity contribution < 1.29 is 9.47 Å². The van der Waals surface area contributed by atoms with Gasteiger partial charge in [-0.05, 0) is 73.7 Å². The van der Waals surface area contributed by atoms with Crippen LogP contribution in [0.15, 0.2) is 158 Å². The SMILES string of the molecule is C[C@@H]1C[C@@H](C)Oc2cccc(P(c3ccccc3)c3ccccc3)c2-c2c(cccc2P(c2ccccc2)c2ccccc2)O1. The molecule has 0 bridgehead atoms. The lowest BCUT2D eigenvalue weighted by Crippen LogP contribution is -2.26. The highest BCUT2D eigenvalue weighted by Gasteiger charge is 2.31. The standard InChI is InChI=1S/C41H36O2P2/c1-30-29-31(2)43-37-26-16-28-39(45(34-21-11-5-12-22-34)35-23-13-6-14-24-35)41(37)40-36(42-30)25-15-27-38(40)44(32-17-7-3-8-18-32)33-19-9-4-10-20-33/h3-28,30-31H,29H2,1-2H3/t30-,31-/m1/s1. The Morgan fingerprint density at radius 1 is 0.400 bits per heavy atom. The molecule has 0 radical (unpaired) electrons. The Kier molecular flexibility index (Phi) is 8.79. The van der Waals surface area contributed by atoms with Gasteiger partial charge in [0.2, 0.25) is 0 Å². The van der Waals surface area contributed by atoms with E-state index in [4.69, 9.17) is 9.47 Å². The van der Waals surface area contributed by atoms with E-state index in [0.29, 0.717) is 0 Å². The van der Waals surface area contributed by atoms with Gasteiger partial charge < -0.3 is 9.47 Å². The van der Waals surface area contributed by atoms with E-state index < -0.39 is 15.8 Å². The minimum absolute atomic E-state index is 0.00352. The number of benzene rings is 6. The van der Waals surface area contributed by atoms with Gasteiger partial charge in [-0.1, -0.05) is 146 Å². The van der Waals surface area contributed by atoms with Crippen LogP contribution in [0.5, 0.6) is 11.5 Å². The highest BCUT2D eigenvalue weighted by atomic mass is 31.1. The molecule has 1 aliphatic heterocycles. The van der Waals surface area contributed by atoms with E-state index >= 15 is 0 Å². The van der Waals surface area contributed by atoms with Gasteiger partial charge in [0.25, 0.3) is 0 Å². The van der Waals surface area contributed by atoms with Crippen molar-refractivity contribution >= 4 is 47.7 Å². The van der Waals surface area contributed by atoms with Gasteiger partial charge in [0, 0.05) is 17.5 Å². The van der Waals surface area contributed by atoms with Crippen LogP contribution in [0.25, 0.3) is 11.1 Å². The predicted octanol–water partition coefficient (Wildman–Crippen LogP) is 7.81.